The number of nitrogens with one attached hydrogen (secondary N) is 1. The van der Waals surface area contributed by atoms with Gasteiger partial charge in [0, 0.05) is 45.2 Å². The molecule has 0 spiro atoms. The Morgan fingerprint density at radius 3 is 2.02 bits per heavy atom. The van der Waals surface area contributed by atoms with Crippen molar-refractivity contribution >= 4 is 73.9 Å². The fourth-order valence-electron chi connectivity index (χ4n) is 4.82. The van der Waals surface area contributed by atoms with Gasteiger partial charge in [0.25, 0.3) is 10.0 Å². The molecule has 0 radical (unpaired) electrons. The smallest absolute Gasteiger partial charge is 0.264 e. The van der Waals surface area contributed by atoms with Gasteiger partial charge >= 0.3 is 0 Å². The molecule has 4 rings (SSSR count). The largest absolute Gasteiger partial charge is 0.354 e. The molecule has 242 valence electrons. The first-order valence-corrected chi connectivity index (χ1v) is 17.5. The molecule has 1 atom stereocenters. The van der Waals surface area contributed by atoms with Crippen LogP contribution in [0.25, 0.3) is 0 Å². The number of nitrogens with zero attached hydrogens (tertiary/aromatic N) is 2. The fraction of sp³-hybridized carbons (Fsp3) is 0.235. The van der Waals surface area contributed by atoms with Gasteiger partial charge in [0.05, 0.1) is 10.6 Å². The number of anilines is 1. The summed E-state index contributed by atoms with van der Waals surface area (Å²) in [5.41, 5.74) is 2.15. The summed E-state index contributed by atoms with van der Waals surface area (Å²) in [6.45, 7) is 3.30. The van der Waals surface area contributed by atoms with Gasteiger partial charge in [-0.3, -0.25) is 13.9 Å². The summed E-state index contributed by atoms with van der Waals surface area (Å²) in [6, 6.07) is 23.7. The van der Waals surface area contributed by atoms with Gasteiger partial charge in [0.15, 0.2) is 0 Å². The Labute approximate surface area is 290 Å². The predicted molar refractivity (Wildman–Crippen MR) is 186 cm³/mol. The summed E-state index contributed by atoms with van der Waals surface area (Å²) in [6.07, 6.45) is 0.823. The van der Waals surface area contributed by atoms with E-state index >= 15 is 0 Å². The van der Waals surface area contributed by atoms with Gasteiger partial charge in [0.1, 0.15) is 12.6 Å². The topological polar surface area (TPSA) is 86.8 Å². The first-order valence-electron chi connectivity index (χ1n) is 14.5. The summed E-state index contributed by atoms with van der Waals surface area (Å²) in [5, 5.41) is 3.85. The number of halogens is 4. The van der Waals surface area contributed by atoms with Crippen LogP contribution >= 0.6 is 46.4 Å². The van der Waals surface area contributed by atoms with Crippen molar-refractivity contribution in [3.63, 3.8) is 0 Å². The quantitative estimate of drug-likeness (QED) is 0.152. The third kappa shape index (κ3) is 8.96. The molecule has 0 aliphatic rings. The van der Waals surface area contributed by atoms with Gasteiger partial charge in [-0.05, 0) is 61.4 Å². The standard InChI is InChI=1S/C34H33Cl4N3O4S/c1-3-16-39-34(43)32(17-24-8-5-4-6-9-24)40(21-29-30(37)10-7-11-31(29)38)33(42)22-41(27-19-25(35)18-26(36)20-27)46(44,45)28-14-12-23(2)13-15-28/h4-15,18-20,32H,3,16-17,21-22H2,1-2H3,(H,39,43). The molecule has 0 bridgehead atoms. The highest BCUT2D eigenvalue weighted by molar-refractivity contribution is 7.92. The lowest BCUT2D eigenvalue weighted by Crippen LogP contribution is -2.53. The number of carbonyl (C=O) groups excluding carboxylic acids is 2. The van der Waals surface area contributed by atoms with Crippen LogP contribution in [-0.2, 0) is 32.6 Å². The maximum absolute atomic E-state index is 14.6. The monoisotopic (exact) mass is 719 g/mol. The van der Waals surface area contributed by atoms with E-state index in [1.165, 1.54) is 35.2 Å². The molecule has 4 aromatic carbocycles. The molecule has 46 heavy (non-hydrogen) atoms. The number of aryl methyl sites for hydroxylation is 1. The lowest BCUT2D eigenvalue weighted by atomic mass is 10.0. The van der Waals surface area contributed by atoms with E-state index in [4.69, 9.17) is 46.4 Å². The molecule has 7 nitrogen and oxygen atoms in total. The molecular weight excluding hydrogens is 688 g/mol. The number of carbonyl (C=O) groups is 2. The molecule has 0 fully saturated rings. The minimum Gasteiger partial charge on any atom is -0.354 e. The van der Waals surface area contributed by atoms with Crippen LogP contribution in [-0.4, -0.2) is 44.3 Å². The highest BCUT2D eigenvalue weighted by Gasteiger charge is 2.35. The number of rotatable bonds is 13. The van der Waals surface area contributed by atoms with Gasteiger partial charge in [-0.15, -0.1) is 0 Å². The molecule has 0 aliphatic heterocycles. The van der Waals surface area contributed by atoms with Crippen LogP contribution in [0.3, 0.4) is 0 Å². The normalized spacial score (nSPS) is 12.0. The Kier molecular flexibility index (Phi) is 12.4. The highest BCUT2D eigenvalue weighted by atomic mass is 35.5. The zero-order valence-electron chi connectivity index (χ0n) is 25.2. The molecule has 0 saturated heterocycles. The van der Waals surface area contributed by atoms with Crippen molar-refractivity contribution in [1.29, 1.82) is 0 Å². The summed E-state index contributed by atoms with van der Waals surface area (Å²) in [4.78, 5) is 29.6. The average molecular weight is 722 g/mol. The van der Waals surface area contributed by atoms with Crippen molar-refractivity contribution < 1.29 is 18.0 Å². The van der Waals surface area contributed by atoms with Crippen LogP contribution in [0.15, 0.2) is 95.9 Å². The van der Waals surface area contributed by atoms with Gasteiger partial charge in [0.2, 0.25) is 11.8 Å². The van der Waals surface area contributed by atoms with Crippen LogP contribution in [0.2, 0.25) is 20.1 Å². The number of hydrogen-bond acceptors (Lipinski definition) is 4. The molecule has 1 unspecified atom stereocenters. The second kappa shape index (κ2) is 16.0. The number of benzene rings is 4. The Morgan fingerprint density at radius 1 is 0.826 bits per heavy atom. The third-order valence-corrected chi connectivity index (χ3v) is 10.2. The summed E-state index contributed by atoms with van der Waals surface area (Å²) < 4.78 is 29.3. The van der Waals surface area contributed by atoms with Crippen molar-refractivity contribution in [3.8, 4) is 0 Å². The first kappa shape index (κ1) is 35.6. The first-order chi connectivity index (χ1) is 21.9. The number of hydrogen-bond donors (Lipinski definition) is 1. The maximum Gasteiger partial charge on any atom is 0.264 e. The van der Waals surface area contributed by atoms with E-state index < -0.39 is 34.4 Å². The molecular formula is C34H33Cl4N3O4S. The summed E-state index contributed by atoms with van der Waals surface area (Å²) in [7, 11) is -4.33. The van der Waals surface area contributed by atoms with E-state index in [0.717, 1.165) is 15.4 Å². The van der Waals surface area contributed by atoms with Crippen molar-refractivity contribution in [2.45, 2.75) is 44.2 Å². The number of amides is 2. The second-order valence-corrected chi connectivity index (χ2v) is 14.2. The molecule has 1 N–H and O–H groups in total. The zero-order chi connectivity index (χ0) is 33.4. The van der Waals surface area contributed by atoms with Crippen molar-refractivity contribution in [2.75, 3.05) is 17.4 Å². The van der Waals surface area contributed by atoms with Crippen molar-refractivity contribution in [3.05, 3.63) is 128 Å². The Balaban J connectivity index is 1.85. The Hall–Kier alpha value is -3.27. The molecule has 2 amide bonds. The Bertz CT molecular complexity index is 1750. The number of sulfonamides is 1. The van der Waals surface area contributed by atoms with E-state index in [1.54, 1.807) is 30.3 Å². The zero-order valence-corrected chi connectivity index (χ0v) is 29.1. The van der Waals surface area contributed by atoms with Gasteiger partial charge in [-0.25, -0.2) is 8.42 Å². The lowest BCUT2D eigenvalue weighted by Gasteiger charge is -2.34. The van der Waals surface area contributed by atoms with Crippen LogP contribution in [0.1, 0.15) is 30.0 Å². The summed E-state index contributed by atoms with van der Waals surface area (Å²) >= 11 is 25.7. The van der Waals surface area contributed by atoms with Crippen molar-refractivity contribution in [1.82, 2.24) is 10.2 Å². The van der Waals surface area contributed by atoms with Crippen LogP contribution in [0.5, 0.6) is 0 Å². The van der Waals surface area contributed by atoms with Gasteiger partial charge in [-0.1, -0.05) is 107 Å². The minimum atomic E-state index is -4.33. The van der Waals surface area contributed by atoms with E-state index in [9.17, 15) is 18.0 Å². The van der Waals surface area contributed by atoms with Crippen LogP contribution in [0, 0.1) is 6.92 Å². The molecule has 12 heteroatoms. The van der Waals surface area contributed by atoms with Crippen LogP contribution < -0.4 is 9.62 Å². The SMILES string of the molecule is CCCNC(=O)C(Cc1ccccc1)N(Cc1c(Cl)cccc1Cl)C(=O)CN(c1cc(Cl)cc(Cl)c1)S(=O)(=O)c1ccc(C)cc1. The van der Waals surface area contributed by atoms with Gasteiger partial charge < -0.3 is 10.2 Å². The van der Waals surface area contributed by atoms with Gasteiger partial charge in [-0.2, -0.15) is 0 Å². The molecule has 0 aliphatic carbocycles. The van der Waals surface area contributed by atoms with E-state index in [1.807, 2.05) is 44.2 Å². The summed E-state index contributed by atoms with van der Waals surface area (Å²) in [5.74, 6) is -1.07. The third-order valence-electron chi connectivity index (χ3n) is 7.23. The highest BCUT2D eigenvalue weighted by Crippen LogP contribution is 2.31. The molecule has 0 saturated carbocycles. The van der Waals surface area contributed by atoms with E-state index in [0.29, 0.717) is 28.6 Å². The molecule has 4 aromatic rings. The Morgan fingerprint density at radius 2 is 1.43 bits per heavy atom. The predicted octanol–water partition coefficient (Wildman–Crippen LogP) is 7.97. The van der Waals surface area contributed by atoms with Crippen LogP contribution in [0.4, 0.5) is 5.69 Å². The fourth-order valence-corrected chi connectivity index (χ4v) is 7.25. The molecule has 0 aromatic heterocycles. The van der Waals surface area contributed by atoms with E-state index in [2.05, 4.69) is 5.32 Å². The van der Waals surface area contributed by atoms with Crippen molar-refractivity contribution in [2.24, 2.45) is 0 Å². The molecule has 0 heterocycles. The minimum absolute atomic E-state index is 0.0378. The average Bonchev–Trinajstić information content (AvgIpc) is 3.01. The second-order valence-electron chi connectivity index (χ2n) is 10.7. The maximum atomic E-state index is 14.6. The van der Waals surface area contributed by atoms with E-state index in [-0.39, 0.29) is 33.6 Å². The lowest BCUT2D eigenvalue weighted by molar-refractivity contribution is -0.140.